The minimum Gasteiger partial charge on any atom is -0.307 e. The molecule has 0 radical (unpaired) electrons. The molecule has 7 aromatic carbocycles. The Bertz CT molecular complexity index is 3110. The predicted molar refractivity (Wildman–Crippen MR) is 209 cm³/mol. The minimum absolute atomic E-state index is 1.09. The maximum atomic E-state index is 4.94. The highest BCUT2D eigenvalue weighted by atomic mass is 32.1. The van der Waals surface area contributed by atoms with Gasteiger partial charge in [-0.2, -0.15) is 0 Å². The van der Waals surface area contributed by atoms with E-state index in [-0.39, 0.29) is 0 Å². The molecule has 0 N–H and O–H groups in total. The largest absolute Gasteiger partial charge is 0.307 e. The summed E-state index contributed by atoms with van der Waals surface area (Å²) in [6.45, 7) is 0. The molecule has 0 saturated heterocycles. The van der Waals surface area contributed by atoms with Crippen molar-refractivity contribution in [2.75, 3.05) is 0 Å². The SMILES string of the molecule is c1ccc(-n2c3ccccc3c3ccc4c5ccccc5n(-c5cccc(-c6ccc7c(cnc8c9ccccc9sc78)c6)c5)c4c32)cc1. The van der Waals surface area contributed by atoms with E-state index in [2.05, 4.69) is 167 Å². The van der Waals surface area contributed by atoms with E-state index in [1.54, 1.807) is 0 Å². The highest BCUT2D eigenvalue weighted by Gasteiger charge is 2.21. The standard InChI is InChI=1S/C45H27N3S/c1-2-12-31(13-3-1)47-39-18-7-4-15-34(39)36-23-24-37-35-16-5-8-19-40(35)48(44(37)43(36)47)32-14-10-11-28(26-32)29-21-22-33-30(25-29)27-46-42-38-17-6-9-20-41(38)49-45(33)42/h1-27H. The van der Waals surface area contributed by atoms with Crippen LogP contribution < -0.4 is 0 Å². The van der Waals surface area contributed by atoms with Gasteiger partial charge >= 0.3 is 0 Å². The average molecular weight is 642 g/mol. The van der Waals surface area contributed by atoms with Gasteiger partial charge in [0.15, 0.2) is 0 Å². The molecule has 0 bridgehead atoms. The number of pyridine rings is 1. The van der Waals surface area contributed by atoms with E-state index in [9.17, 15) is 0 Å². The summed E-state index contributed by atoms with van der Waals surface area (Å²) in [4.78, 5) is 4.94. The van der Waals surface area contributed by atoms with Crippen molar-refractivity contribution in [1.82, 2.24) is 14.1 Å². The van der Waals surface area contributed by atoms with E-state index < -0.39 is 0 Å². The molecule has 4 heterocycles. The summed E-state index contributed by atoms with van der Waals surface area (Å²) < 4.78 is 7.44. The quantitative estimate of drug-likeness (QED) is 0.188. The topological polar surface area (TPSA) is 22.8 Å². The molecule has 228 valence electrons. The number of aromatic nitrogens is 3. The summed E-state index contributed by atoms with van der Waals surface area (Å²) in [6, 6.07) is 57.4. The van der Waals surface area contributed by atoms with Crippen LogP contribution in [-0.4, -0.2) is 14.1 Å². The molecule has 0 aliphatic rings. The third kappa shape index (κ3) is 3.80. The van der Waals surface area contributed by atoms with Gasteiger partial charge < -0.3 is 9.13 Å². The van der Waals surface area contributed by atoms with E-state index in [1.165, 1.54) is 74.9 Å². The lowest BCUT2D eigenvalue weighted by Gasteiger charge is -2.14. The monoisotopic (exact) mass is 641 g/mol. The van der Waals surface area contributed by atoms with Crippen LogP contribution in [0.15, 0.2) is 164 Å². The molecule has 0 spiro atoms. The Labute approximate surface area is 285 Å². The van der Waals surface area contributed by atoms with Gasteiger partial charge in [-0.3, -0.25) is 4.98 Å². The maximum absolute atomic E-state index is 4.94. The van der Waals surface area contributed by atoms with Crippen LogP contribution in [0.2, 0.25) is 0 Å². The highest BCUT2D eigenvalue weighted by molar-refractivity contribution is 7.26. The molecule has 4 heteroatoms. The number of hydrogen-bond acceptors (Lipinski definition) is 2. The normalized spacial score (nSPS) is 12.1. The van der Waals surface area contributed by atoms with E-state index in [0.29, 0.717) is 0 Å². The number of thiophene rings is 1. The van der Waals surface area contributed by atoms with E-state index in [4.69, 9.17) is 4.98 Å². The van der Waals surface area contributed by atoms with Crippen molar-refractivity contribution in [2.45, 2.75) is 0 Å². The first-order chi connectivity index (χ1) is 24.3. The molecule has 0 aliphatic carbocycles. The number of nitrogens with zero attached hydrogens (tertiary/aromatic N) is 3. The van der Waals surface area contributed by atoms with Crippen molar-refractivity contribution < 1.29 is 0 Å². The summed E-state index contributed by atoms with van der Waals surface area (Å²) >= 11 is 1.83. The van der Waals surface area contributed by atoms with Crippen LogP contribution in [0.25, 0.3) is 97.2 Å². The number of para-hydroxylation sites is 3. The molecule has 11 rings (SSSR count). The average Bonchev–Trinajstić information content (AvgIpc) is 3.83. The Kier molecular flexibility index (Phi) is 5.54. The molecular formula is C45H27N3S. The van der Waals surface area contributed by atoms with Crippen molar-refractivity contribution in [3.05, 3.63) is 164 Å². The Morgan fingerprint density at radius 1 is 0.429 bits per heavy atom. The molecule has 0 aliphatic heterocycles. The van der Waals surface area contributed by atoms with Gasteiger partial charge in [0.1, 0.15) is 0 Å². The van der Waals surface area contributed by atoms with Gasteiger partial charge in [0.05, 0.1) is 32.3 Å². The van der Waals surface area contributed by atoms with Crippen molar-refractivity contribution in [2.24, 2.45) is 0 Å². The first-order valence-corrected chi connectivity index (χ1v) is 17.4. The number of hydrogen-bond donors (Lipinski definition) is 0. The summed E-state index contributed by atoms with van der Waals surface area (Å²) in [6.07, 6.45) is 2.04. The fourth-order valence-corrected chi connectivity index (χ4v) is 9.17. The number of benzene rings is 7. The van der Waals surface area contributed by atoms with Gasteiger partial charge in [-0.15, -0.1) is 11.3 Å². The van der Waals surface area contributed by atoms with Crippen LogP contribution in [-0.2, 0) is 0 Å². The second-order valence-electron chi connectivity index (χ2n) is 12.8. The van der Waals surface area contributed by atoms with Crippen LogP contribution >= 0.6 is 11.3 Å². The fourth-order valence-electron chi connectivity index (χ4n) is 7.97. The molecule has 0 amide bonds. The first kappa shape index (κ1) is 26.8. The molecular weight excluding hydrogens is 615 g/mol. The van der Waals surface area contributed by atoms with Gasteiger partial charge in [0.25, 0.3) is 0 Å². The second kappa shape index (κ2) is 10.1. The van der Waals surface area contributed by atoms with Crippen LogP contribution in [0.1, 0.15) is 0 Å². The molecule has 0 saturated carbocycles. The molecule has 0 unspecified atom stereocenters. The van der Waals surface area contributed by atoms with Crippen LogP contribution in [0, 0.1) is 0 Å². The fraction of sp³-hybridized carbons (Fsp3) is 0. The summed E-state index contributed by atoms with van der Waals surface area (Å²) in [5, 5.41) is 8.65. The van der Waals surface area contributed by atoms with Crippen molar-refractivity contribution in [1.29, 1.82) is 0 Å². The Morgan fingerprint density at radius 3 is 1.78 bits per heavy atom. The number of fused-ring (bicyclic) bond motifs is 12. The van der Waals surface area contributed by atoms with Gasteiger partial charge in [-0.05, 0) is 59.7 Å². The molecule has 0 atom stereocenters. The van der Waals surface area contributed by atoms with Crippen LogP contribution in [0.3, 0.4) is 0 Å². The zero-order valence-corrected chi connectivity index (χ0v) is 27.2. The Balaban J connectivity index is 1.18. The molecule has 0 fully saturated rings. The Morgan fingerprint density at radius 2 is 1.02 bits per heavy atom. The lowest BCUT2D eigenvalue weighted by Crippen LogP contribution is -1.98. The lowest BCUT2D eigenvalue weighted by molar-refractivity contribution is 1.15. The zero-order valence-electron chi connectivity index (χ0n) is 26.3. The molecule has 4 aromatic heterocycles. The van der Waals surface area contributed by atoms with E-state index in [1.807, 2.05) is 17.5 Å². The third-order valence-corrected chi connectivity index (χ3v) is 11.3. The Hall–Kier alpha value is -6.23. The van der Waals surface area contributed by atoms with Gasteiger partial charge in [-0.25, -0.2) is 0 Å². The first-order valence-electron chi connectivity index (χ1n) is 16.6. The van der Waals surface area contributed by atoms with Crippen LogP contribution in [0.5, 0.6) is 0 Å². The second-order valence-corrected chi connectivity index (χ2v) is 13.8. The van der Waals surface area contributed by atoms with Crippen molar-refractivity contribution >= 4 is 86.0 Å². The zero-order chi connectivity index (χ0) is 32.1. The maximum Gasteiger partial charge on any atom is 0.0894 e. The summed E-state index contributed by atoms with van der Waals surface area (Å²) in [7, 11) is 0. The van der Waals surface area contributed by atoms with Gasteiger partial charge in [0.2, 0.25) is 0 Å². The molecule has 49 heavy (non-hydrogen) atoms. The van der Waals surface area contributed by atoms with Gasteiger partial charge in [0, 0.05) is 60.0 Å². The van der Waals surface area contributed by atoms with Crippen molar-refractivity contribution in [3.8, 4) is 22.5 Å². The van der Waals surface area contributed by atoms with Gasteiger partial charge in [-0.1, -0.05) is 109 Å². The summed E-state index contributed by atoms with van der Waals surface area (Å²) in [5.41, 5.74) is 10.6. The number of rotatable bonds is 3. The predicted octanol–water partition coefficient (Wildman–Crippen LogP) is 12.5. The molecule has 3 nitrogen and oxygen atoms in total. The van der Waals surface area contributed by atoms with E-state index in [0.717, 1.165) is 22.3 Å². The van der Waals surface area contributed by atoms with E-state index >= 15 is 0 Å². The lowest BCUT2D eigenvalue weighted by atomic mass is 10.0. The molecule has 11 aromatic rings. The summed E-state index contributed by atoms with van der Waals surface area (Å²) in [5.74, 6) is 0. The van der Waals surface area contributed by atoms with Crippen LogP contribution in [0.4, 0.5) is 0 Å². The minimum atomic E-state index is 1.09. The smallest absolute Gasteiger partial charge is 0.0894 e. The highest BCUT2D eigenvalue weighted by Crippen LogP contribution is 2.42. The van der Waals surface area contributed by atoms with Crippen molar-refractivity contribution in [3.63, 3.8) is 0 Å². The third-order valence-electron chi connectivity index (χ3n) is 10.1.